The molecule has 22 heavy (non-hydrogen) atoms. The molecule has 0 fully saturated rings. The van der Waals surface area contributed by atoms with E-state index in [4.69, 9.17) is 5.26 Å². The number of hydrogen-bond acceptors (Lipinski definition) is 4. The minimum Gasteiger partial charge on any atom is -0.279 e. The predicted molar refractivity (Wildman–Crippen MR) is 85.2 cm³/mol. The maximum Gasteiger partial charge on any atom is 0.259 e. The first kappa shape index (κ1) is 14.3. The number of rotatable bonds is 3. The lowest BCUT2D eigenvalue weighted by Crippen LogP contribution is -2.21. The smallest absolute Gasteiger partial charge is 0.259 e. The Labute approximate surface area is 128 Å². The average molecular weight is 311 g/mol. The Morgan fingerprint density at radius 3 is 3.00 bits per heavy atom. The van der Waals surface area contributed by atoms with Gasteiger partial charge in [0.1, 0.15) is 0 Å². The number of anilines is 1. The molecule has 1 aromatic heterocycles. The summed E-state index contributed by atoms with van der Waals surface area (Å²) in [4.78, 5) is 4.13. The maximum absolute atomic E-state index is 12.6. The molecule has 6 heteroatoms. The average Bonchev–Trinajstić information content (AvgIpc) is 2.55. The Morgan fingerprint density at radius 2 is 2.18 bits per heavy atom. The summed E-state index contributed by atoms with van der Waals surface area (Å²) in [6, 6.07) is 9.11. The molecule has 110 valence electrons. The fourth-order valence-corrected chi connectivity index (χ4v) is 3.78. The van der Waals surface area contributed by atoms with Crippen LogP contribution in [0.15, 0.2) is 59.8 Å². The fraction of sp³-hybridized carbons (Fsp3) is 0.125. The summed E-state index contributed by atoms with van der Waals surface area (Å²) in [6.45, 7) is 0. The topological polar surface area (TPSA) is 82.8 Å². The van der Waals surface area contributed by atoms with Gasteiger partial charge in [-0.3, -0.25) is 9.71 Å². The lowest BCUT2D eigenvalue weighted by atomic mass is 10.0. The van der Waals surface area contributed by atoms with Crippen LogP contribution in [-0.2, 0) is 10.0 Å². The standard InChI is InChI=1S/C16H13N3O2S/c17-10-12-4-1-2-7-16(12)22(20,21)19-15-6-3-5-13-11-18-9-8-14(13)15/h1-3,5-9,11-12,19H,4H2. The van der Waals surface area contributed by atoms with E-state index in [-0.39, 0.29) is 4.91 Å². The van der Waals surface area contributed by atoms with E-state index in [0.717, 1.165) is 10.8 Å². The molecular formula is C16H13N3O2S. The van der Waals surface area contributed by atoms with Crippen LogP contribution in [0.1, 0.15) is 6.42 Å². The Kier molecular flexibility index (Phi) is 3.65. The first-order valence-corrected chi connectivity index (χ1v) is 8.22. The van der Waals surface area contributed by atoms with E-state index in [1.807, 2.05) is 12.1 Å². The Balaban J connectivity index is 2.03. The Hall–Kier alpha value is -2.65. The molecule has 0 aliphatic heterocycles. The number of pyridine rings is 1. The largest absolute Gasteiger partial charge is 0.279 e. The van der Waals surface area contributed by atoms with Crippen LogP contribution in [0.5, 0.6) is 0 Å². The van der Waals surface area contributed by atoms with Crippen LogP contribution < -0.4 is 4.72 Å². The molecule has 0 saturated carbocycles. The van der Waals surface area contributed by atoms with Gasteiger partial charge in [0, 0.05) is 23.2 Å². The first-order chi connectivity index (χ1) is 10.6. The Morgan fingerprint density at radius 1 is 1.32 bits per heavy atom. The molecule has 1 heterocycles. The van der Waals surface area contributed by atoms with Crippen LogP contribution in [0.4, 0.5) is 5.69 Å². The molecule has 5 nitrogen and oxygen atoms in total. The van der Waals surface area contributed by atoms with E-state index in [0.29, 0.717) is 12.1 Å². The van der Waals surface area contributed by atoms with Crippen molar-refractivity contribution >= 4 is 26.5 Å². The van der Waals surface area contributed by atoms with Gasteiger partial charge >= 0.3 is 0 Å². The molecule has 1 aromatic carbocycles. The second-order valence-electron chi connectivity index (χ2n) is 4.92. The van der Waals surface area contributed by atoms with Gasteiger partial charge in [0.05, 0.1) is 22.6 Å². The van der Waals surface area contributed by atoms with E-state index in [2.05, 4.69) is 9.71 Å². The number of nitrogens with one attached hydrogen (secondary N) is 1. The van der Waals surface area contributed by atoms with Crippen molar-refractivity contribution < 1.29 is 8.42 Å². The molecule has 0 spiro atoms. The molecule has 1 unspecified atom stereocenters. The summed E-state index contributed by atoms with van der Waals surface area (Å²) < 4.78 is 27.8. The summed E-state index contributed by atoms with van der Waals surface area (Å²) in [6.07, 6.45) is 8.62. The lowest BCUT2D eigenvalue weighted by Gasteiger charge is -2.17. The van der Waals surface area contributed by atoms with Crippen molar-refractivity contribution in [2.75, 3.05) is 4.72 Å². The van der Waals surface area contributed by atoms with Crippen molar-refractivity contribution in [3.05, 3.63) is 59.8 Å². The van der Waals surface area contributed by atoms with Gasteiger partial charge in [-0.25, -0.2) is 8.42 Å². The van der Waals surface area contributed by atoms with Crippen molar-refractivity contribution in [2.24, 2.45) is 5.92 Å². The number of sulfonamides is 1. The van der Waals surface area contributed by atoms with Gasteiger partial charge in [0.15, 0.2) is 0 Å². The second-order valence-corrected chi connectivity index (χ2v) is 6.60. The quantitative estimate of drug-likeness (QED) is 0.944. The van der Waals surface area contributed by atoms with Gasteiger partial charge in [0.2, 0.25) is 0 Å². The van der Waals surface area contributed by atoms with Crippen LogP contribution in [0.3, 0.4) is 0 Å². The number of aromatic nitrogens is 1. The van der Waals surface area contributed by atoms with Crippen molar-refractivity contribution in [3.8, 4) is 6.07 Å². The summed E-state index contributed by atoms with van der Waals surface area (Å²) in [5.74, 6) is -0.654. The molecule has 0 amide bonds. The zero-order valence-electron chi connectivity index (χ0n) is 11.6. The molecule has 1 aliphatic rings. The molecule has 0 bridgehead atoms. The van der Waals surface area contributed by atoms with Crippen LogP contribution in [0.2, 0.25) is 0 Å². The van der Waals surface area contributed by atoms with Crippen LogP contribution >= 0.6 is 0 Å². The molecular weight excluding hydrogens is 298 g/mol. The van der Waals surface area contributed by atoms with E-state index >= 15 is 0 Å². The second kappa shape index (κ2) is 5.62. The minimum absolute atomic E-state index is 0.101. The minimum atomic E-state index is -3.77. The predicted octanol–water partition coefficient (Wildman–Crippen LogP) is 2.96. The number of benzene rings is 1. The fourth-order valence-electron chi connectivity index (χ4n) is 2.42. The molecule has 0 saturated heterocycles. The van der Waals surface area contributed by atoms with E-state index in [9.17, 15) is 8.42 Å². The van der Waals surface area contributed by atoms with Crippen molar-refractivity contribution in [1.82, 2.24) is 4.98 Å². The van der Waals surface area contributed by atoms with Gasteiger partial charge < -0.3 is 0 Å². The van der Waals surface area contributed by atoms with Crippen LogP contribution in [0.25, 0.3) is 10.8 Å². The lowest BCUT2D eigenvalue weighted by molar-refractivity contribution is 0.601. The highest BCUT2D eigenvalue weighted by atomic mass is 32.2. The molecule has 0 radical (unpaired) electrons. The zero-order chi connectivity index (χ0) is 15.6. The van der Waals surface area contributed by atoms with Crippen LogP contribution in [-0.4, -0.2) is 13.4 Å². The number of fused-ring (bicyclic) bond motifs is 1. The summed E-state index contributed by atoms with van der Waals surface area (Å²) in [5.41, 5.74) is 0.479. The monoisotopic (exact) mass is 311 g/mol. The number of hydrogen-bond donors (Lipinski definition) is 1. The van der Waals surface area contributed by atoms with Gasteiger partial charge in [-0.1, -0.05) is 24.3 Å². The molecule has 1 atom stereocenters. The van der Waals surface area contributed by atoms with E-state index in [1.165, 1.54) is 6.08 Å². The highest BCUT2D eigenvalue weighted by Gasteiger charge is 2.27. The van der Waals surface area contributed by atoms with Crippen molar-refractivity contribution in [1.29, 1.82) is 5.26 Å². The molecule has 1 aliphatic carbocycles. The zero-order valence-corrected chi connectivity index (χ0v) is 12.4. The third-order valence-electron chi connectivity index (χ3n) is 3.50. The molecule has 2 aromatic rings. The van der Waals surface area contributed by atoms with E-state index in [1.54, 1.807) is 42.7 Å². The van der Waals surface area contributed by atoms with Gasteiger partial charge in [-0.05, 0) is 24.6 Å². The molecule has 1 N–H and O–H groups in total. The number of nitrogens with zero attached hydrogens (tertiary/aromatic N) is 2. The SMILES string of the molecule is N#CC1CC=CC=C1S(=O)(=O)Nc1cccc2cnccc12. The van der Waals surface area contributed by atoms with E-state index < -0.39 is 15.9 Å². The van der Waals surface area contributed by atoms with Crippen molar-refractivity contribution in [3.63, 3.8) is 0 Å². The first-order valence-electron chi connectivity index (χ1n) is 6.74. The Bertz CT molecular complexity index is 919. The summed E-state index contributed by atoms with van der Waals surface area (Å²) >= 11 is 0. The van der Waals surface area contributed by atoms with Crippen LogP contribution in [0, 0.1) is 17.2 Å². The maximum atomic E-state index is 12.6. The van der Waals surface area contributed by atoms with Gasteiger partial charge in [0.25, 0.3) is 10.0 Å². The summed E-state index contributed by atoms with van der Waals surface area (Å²) in [7, 11) is -3.77. The third-order valence-corrected chi connectivity index (χ3v) is 5.03. The van der Waals surface area contributed by atoms with Gasteiger partial charge in [-0.2, -0.15) is 5.26 Å². The third kappa shape index (κ3) is 2.59. The normalized spacial score (nSPS) is 17.8. The molecule has 3 rings (SSSR count). The summed E-state index contributed by atoms with van der Waals surface area (Å²) in [5, 5.41) is 10.7. The highest BCUT2D eigenvalue weighted by molar-refractivity contribution is 7.96. The highest BCUT2D eigenvalue weighted by Crippen LogP contribution is 2.29. The number of allylic oxidation sites excluding steroid dienone is 4. The number of nitriles is 1. The van der Waals surface area contributed by atoms with Crippen molar-refractivity contribution in [2.45, 2.75) is 6.42 Å². The van der Waals surface area contributed by atoms with Gasteiger partial charge in [-0.15, -0.1) is 0 Å².